The zero-order chi connectivity index (χ0) is 10.7. The first-order valence-electron chi connectivity index (χ1n) is 5.64. The number of nitrogens with one attached hydrogen (secondary N) is 1. The van der Waals surface area contributed by atoms with E-state index in [9.17, 15) is 0 Å². The van der Waals surface area contributed by atoms with E-state index in [2.05, 4.69) is 47.8 Å². The SMILES string of the molecule is CC(Cc1ccsc1)NC1CCSC1C. The van der Waals surface area contributed by atoms with Crippen LogP contribution >= 0.6 is 23.1 Å². The van der Waals surface area contributed by atoms with Gasteiger partial charge in [0.15, 0.2) is 0 Å². The molecule has 2 rings (SSSR count). The van der Waals surface area contributed by atoms with E-state index >= 15 is 0 Å². The first-order chi connectivity index (χ1) is 7.25. The molecular formula is C12H19NS2. The van der Waals surface area contributed by atoms with Crippen molar-refractivity contribution in [2.24, 2.45) is 0 Å². The molecule has 0 bridgehead atoms. The fraction of sp³-hybridized carbons (Fsp3) is 0.667. The van der Waals surface area contributed by atoms with Gasteiger partial charge in [-0.15, -0.1) is 0 Å². The summed E-state index contributed by atoms with van der Waals surface area (Å²) in [6.45, 7) is 4.64. The lowest BCUT2D eigenvalue weighted by Crippen LogP contribution is -2.40. The quantitative estimate of drug-likeness (QED) is 0.869. The Labute approximate surface area is 101 Å². The van der Waals surface area contributed by atoms with Crippen LogP contribution in [0.15, 0.2) is 16.8 Å². The van der Waals surface area contributed by atoms with E-state index in [0.717, 1.165) is 17.7 Å². The van der Waals surface area contributed by atoms with Crippen LogP contribution in [0.5, 0.6) is 0 Å². The standard InChI is InChI=1S/C12H19NS2/c1-9(7-11-3-5-14-8-11)13-12-4-6-15-10(12)2/h3,5,8-10,12-13H,4,6-7H2,1-2H3. The molecule has 1 saturated heterocycles. The third kappa shape index (κ3) is 3.23. The van der Waals surface area contributed by atoms with Crippen molar-refractivity contribution in [1.82, 2.24) is 5.32 Å². The summed E-state index contributed by atoms with van der Waals surface area (Å²) < 4.78 is 0. The first-order valence-corrected chi connectivity index (χ1v) is 7.63. The van der Waals surface area contributed by atoms with Gasteiger partial charge in [0.1, 0.15) is 0 Å². The summed E-state index contributed by atoms with van der Waals surface area (Å²) in [4.78, 5) is 0. The summed E-state index contributed by atoms with van der Waals surface area (Å²) in [6, 6.07) is 3.56. The largest absolute Gasteiger partial charge is 0.310 e. The fourth-order valence-electron chi connectivity index (χ4n) is 2.14. The molecule has 1 fully saturated rings. The zero-order valence-corrected chi connectivity index (χ0v) is 11.0. The Morgan fingerprint density at radius 1 is 1.60 bits per heavy atom. The van der Waals surface area contributed by atoms with Crippen molar-refractivity contribution in [3.8, 4) is 0 Å². The highest BCUT2D eigenvalue weighted by Crippen LogP contribution is 2.26. The van der Waals surface area contributed by atoms with E-state index in [1.54, 1.807) is 11.3 Å². The second-order valence-corrected chi connectivity index (χ2v) is 6.64. The summed E-state index contributed by atoms with van der Waals surface area (Å²) in [7, 11) is 0. The maximum atomic E-state index is 3.75. The number of thioether (sulfide) groups is 1. The van der Waals surface area contributed by atoms with E-state index in [4.69, 9.17) is 0 Å². The van der Waals surface area contributed by atoms with E-state index < -0.39 is 0 Å². The van der Waals surface area contributed by atoms with Crippen molar-refractivity contribution in [3.63, 3.8) is 0 Å². The number of rotatable bonds is 4. The lowest BCUT2D eigenvalue weighted by Gasteiger charge is -2.21. The number of thiophene rings is 1. The lowest BCUT2D eigenvalue weighted by atomic mass is 10.1. The van der Waals surface area contributed by atoms with Crippen molar-refractivity contribution in [1.29, 1.82) is 0 Å². The van der Waals surface area contributed by atoms with Crippen LogP contribution in [0, 0.1) is 0 Å². The normalized spacial score (nSPS) is 28.1. The topological polar surface area (TPSA) is 12.0 Å². The number of hydrogen-bond donors (Lipinski definition) is 1. The molecule has 1 aromatic rings. The van der Waals surface area contributed by atoms with Crippen molar-refractivity contribution in [3.05, 3.63) is 22.4 Å². The third-order valence-electron chi connectivity index (χ3n) is 3.00. The summed E-state index contributed by atoms with van der Waals surface area (Å²) in [5.41, 5.74) is 1.47. The molecular weight excluding hydrogens is 222 g/mol. The molecule has 0 radical (unpaired) electrons. The molecule has 2 heterocycles. The molecule has 0 aromatic carbocycles. The minimum atomic E-state index is 0.603. The molecule has 1 aliphatic rings. The van der Waals surface area contributed by atoms with Crippen molar-refractivity contribution in [2.45, 2.75) is 44.0 Å². The second-order valence-electron chi connectivity index (χ2n) is 4.37. The maximum absolute atomic E-state index is 3.75. The Hall–Kier alpha value is 0.01000. The van der Waals surface area contributed by atoms with Crippen LogP contribution in [-0.2, 0) is 6.42 Å². The van der Waals surface area contributed by atoms with Crippen LogP contribution in [0.25, 0.3) is 0 Å². The predicted octanol–water partition coefficient (Wildman–Crippen LogP) is 3.16. The van der Waals surface area contributed by atoms with Gasteiger partial charge in [0.25, 0.3) is 0 Å². The molecule has 84 valence electrons. The second kappa shape index (κ2) is 5.37. The average Bonchev–Trinajstić information content (AvgIpc) is 2.79. The minimum Gasteiger partial charge on any atom is -0.310 e. The third-order valence-corrected chi connectivity index (χ3v) is 5.05. The van der Waals surface area contributed by atoms with Gasteiger partial charge in [0.05, 0.1) is 0 Å². The lowest BCUT2D eigenvalue weighted by molar-refractivity contribution is 0.442. The highest BCUT2D eigenvalue weighted by atomic mass is 32.2. The molecule has 3 heteroatoms. The van der Waals surface area contributed by atoms with Gasteiger partial charge in [-0.1, -0.05) is 6.92 Å². The van der Waals surface area contributed by atoms with Crippen LogP contribution in [0.4, 0.5) is 0 Å². The maximum Gasteiger partial charge on any atom is 0.0194 e. The highest BCUT2D eigenvalue weighted by molar-refractivity contribution is 8.00. The number of hydrogen-bond acceptors (Lipinski definition) is 3. The predicted molar refractivity (Wildman–Crippen MR) is 70.9 cm³/mol. The summed E-state index contributed by atoms with van der Waals surface area (Å²) in [5.74, 6) is 1.32. The fourth-order valence-corrected chi connectivity index (χ4v) is 4.03. The Morgan fingerprint density at radius 3 is 3.07 bits per heavy atom. The van der Waals surface area contributed by atoms with E-state index in [1.165, 1.54) is 17.7 Å². The Morgan fingerprint density at radius 2 is 2.47 bits per heavy atom. The Balaban J connectivity index is 1.79. The zero-order valence-electron chi connectivity index (χ0n) is 9.40. The molecule has 0 spiro atoms. The molecule has 0 amide bonds. The van der Waals surface area contributed by atoms with Crippen LogP contribution in [-0.4, -0.2) is 23.1 Å². The average molecular weight is 241 g/mol. The molecule has 0 saturated carbocycles. The summed E-state index contributed by atoms with van der Waals surface area (Å²) >= 11 is 3.89. The van der Waals surface area contributed by atoms with Gasteiger partial charge in [-0.05, 0) is 47.9 Å². The molecule has 1 aromatic heterocycles. The van der Waals surface area contributed by atoms with Crippen molar-refractivity contribution >= 4 is 23.1 Å². The molecule has 15 heavy (non-hydrogen) atoms. The molecule has 1 aliphatic heterocycles. The highest BCUT2D eigenvalue weighted by Gasteiger charge is 2.24. The van der Waals surface area contributed by atoms with E-state index in [0.29, 0.717) is 6.04 Å². The first kappa shape index (κ1) is 11.5. The van der Waals surface area contributed by atoms with Gasteiger partial charge in [-0.25, -0.2) is 0 Å². The van der Waals surface area contributed by atoms with Gasteiger partial charge in [0.2, 0.25) is 0 Å². The molecule has 0 aliphatic carbocycles. The molecule has 3 unspecified atom stereocenters. The van der Waals surface area contributed by atoms with Gasteiger partial charge >= 0.3 is 0 Å². The van der Waals surface area contributed by atoms with Gasteiger partial charge < -0.3 is 5.32 Å². The summed E-state index contributed by atoms with van der Waals surface area (Å²) in [6.07, 6.45) is 2.50. The monoisotopic (exact) mass is 241 g/mol. The van der Waals surface area contributed by atoms with Crippen molar-refractivity contribution in [2.75, 3.05) is 5.75 Å². The minimum absolute atomic E-state index is 0.603. The van der Waals surface area contributed by atoms with Crippen LogP contribution in [0.1, 0.15) is 25.8 Å². The summed E-state index contributed by atoms with van der Waals surface area (Å²) in [5, 5.41) is 8.96. The molecule has 1 N–H and O–H groups in total. The smallest absolute Gasteiger partial charge is 0.0194 e. The van der Waals surface area contributed by atoms with Crippen LogP contribution < -0.4 is 5.32 Å². The van der Waals surface area contributed by atoms with Crippen molar-refractivity contribution < 1.29 is 0 Å². The van der Waals surface area contributed by atoms with Gasteiger partial charge in [-0.2, -0.15) is 23.1 Å². The van der Waals surface area contributed by atoms with Gasteiger partial charge in [0, 0.05) is 17.3 Å². The Bertz CT molecular complexity index is 284. The van der Waals surface area contributed by atoms with E-state index in [-0.39, 0.29) is 0 Å². The van der Waals surface area contributed by atoms with Crippen LogP contribution in [0.2, 0.25) is 0 Å². The Kier molecular flexibility index (Phi) is 4.12. The molecule has 3 atom stereocenters. The van der Waals surface area contributed by atoms with Gasteiger partial charge in [-0.3, -0.25) is 0 Å². The molecule has 1 nitrogen and oxygen atoms in total. The van der Waals surface area contributed by atoms with E-state index in [1.807, 2.05) is 0 Å². The van der Waals surface area contributed by atoms with Crippen LogP contribution in [0.3, 0.4) is 0 Å².